The number of aliphatic hydroxyl groups excluding tert-OH is 1. The fraction of sp³-hybridized carbons (Fsp3) is 0.438. The second-order valence-corrected chi connectivity index (χ2v) is 6.11. The van der Waals surface area contributed by atoms with Crippen molar-refractivity contribution in [1.82, 2.24) is 14.0 Å². The molecule has 2 N–H and O–H groups in total. The number of aryl methyl sites for hydroxylation is 2. The Morgan fingerprint density at radius 1 is 1.21 bits per heavy atom. The van der Waals surface area contributed by atoms with Crippen molar-refractivity contribution in [3.63, 3.8) is 0 Å². The number of carbonyl (C=O) groups excluding carboxylic acids is 2. The van der Waals surface area contributed by atoms with Gasteiger partial charge in [0.15, 0.2) is 0 Å². The van der Waals surface area contributed by atoms with Crippen molar-refractivity contribution >= 4 is 28.5 Å². The lowest BCUT2D eigenvalue weighted by Gasteiger charge is -2.29. The average Bonchev–Trinajstić information content (AvgIpc) is 2.78. The van der Waals surface area contributed by atoms with E-state index in [-0.39, 0.29) is 12.2 Å². The maximum atomic E-state index is 12.2. The smallest absolute Gasteiger partial charge is 0.328 e. The summed E-state index contributed by atoms with van der Waals surface area (Å²) in [5, 5.41) is 12.2. The van der Waals surface area contributed by atoms with Gasteiger partial charge in [0.25, 0.3) is 0 Å². The van der Waals surface area contributed by atoms with Crippen molar-refractivity contribution < 1.29 is 14.7 Å². The third kappa shape index (κ3) is 2.80. The van der Waals surface area contributed by atoms with Crippen molar-refractivity contribution in [3.8, 4) is 0 Å². The van der Waals surface area contributed by atoms with Crippen molar-refractivity contribution in [3.05, 3.63) is 28.7 Å². The van der Waals surface area contributed by atoms with E-state index in [2.05, 4.69) is 5.32 Å². The van der Waals surface area contributed by atoms with E-state index in [9.17, 15) is 19.5 Å². The number of likely N-dealkylation sites (tertiary alicyclic amines) is 1. The van der Waals surface area contributed by atoms with Crippen LogP contribution in [0.4, 0.5) is 5.69 Å². The van der Waals surface area contributed by atoms with Crippen LogP contribution in [0.3, 0.4) is 0 Å². The maximum Gasteiger partial charge on any atom is 0.328 e. The van der Waals surface area contributed by atoms with E-state index in [0.717, 1.165) is 5.52 Å². The number of benzene rings is 1. The van der Waals surface area contributed by atoms with E-state index in [4.69, 9.17) is 0 Å². The van der Waals surface area contributed by atoms with E-state index in [1.165, 1.54) is 14.0 Å². The van der Waals surface area contributed by atoms with E-state index in [1.807, 2.05) is 0 Å². The molecule has 1 aliphatic rings. The lowest BCUT2D eigenvalue weighted by Crippen LogP contribution is -2.46. The zero-order chi connectivity index (χ0) is 17.4. The molecule has 0 spiro atoms. The number of hydrogen-bond acceptors (Lipinski definition) is 4. The molecule has 0 radical (unpaired) electrons. The lowest BCUT2D eigenvalue weighted by atomic mass is 10.1. The first kappa shape index (κ1) is 16.3. The van der Waals surface area contributed by atoms with E-state index >= 15 is 0 Å². The second-order valence-electron chi connectivity index (χ2n) is 6.11. The van der Waals surface area contributed by atoms with Gasteiger partial charge >= 0.3 is 17.5 Å². The molecule has 0 bridgehead atoms. The largest absolute Gasteiger partial charge is 0.391 e. The fourth-order valence-electron chi connectivity index (χ4n) is 3.05. The molecule has 1 fully saturated rings. The number of nitrogens with zero attached hydrogens (tertiary/aromatic N) is 3. The quantitative estimate of drug-likeness (QED) is 0.707. The molecule has 1 unspecified atom stereocenters. The zero-order valence-electron chi connectivity index (χ0n) is 13.7. The number of fused-ring (bicyclic) bond motifs is 1. The molecule has 8 heteroatoms. The van der Waals surface area contributed by atoms with Crippen molar-refractivity contribution in [2.45, 2.75) is 18.9 Å². The van der Waals surface area contributed by atoms with Crippen LogP contribution in [-0.2, 0) is 23.7 Å². The number of β-amino-alcohol motifs (C(OH)–C–C–N with tert-alkyl or cyclic N) is 1. The fourth-order valence-corrected chi connectivity index (χ4v) is 3.05. The highest BCUT2D eigenvalue weighted by molar-refractivity contribution is 6.39. The molecular formula is C16H20N4O4. The third-order valence-corrected chi connectivity index (χ3v) is 4.41. The van der Waals surface area contributed by atoms with Crippen molar-refractivity contribution in [1.29, 1.82) is 0 Å². The van der Waals surface area contributed by atoms with Crippen molar-refractivity contribution in [2.75, 3.05) is 18.4 Å². The van der Waals surface area contributed by atoms with Crippen LogP contribution in [0.5, 0.6) is 0 Å². The summed E-state index contributed by atoms with van der Waals surface area (Å²) in [6.07, 6.45) is 0.744. The Morgan fingerprint density at radius 3 is 2.62 bits per heavy atom. The molecule has 1 aromatic heterocycles. The number of rotatable bonds is 1. The van der Waals surface area contributed by atoms with Crippen LogP contribution in [0, 0.1) is 0 Å². The van der Waals surface area contributed by atoms with Crippen molar-refractivity contribution in [2.24, 2.45) is 14.1 Å². The Labute approximate surface area is 138 Å². The minimum Gasteiger partial charge on any atom is -0.391 e. The lowest BCUT2D eigenvalue weighted by molar-refractivity contribution is -0.145. The molecule has 1 aromatic carbocycles. The zero-order valence-corrected chi connectivity index (χ0v) is 13.7. The Kier molecular flexibility index (Phi) is 4.15. The number of piperidine rings is 1. The van der Waals surface area contributed by atoms with Gasteiger partial charge in [-0.25, -0.2) is 4.79 Å². The van der Waals surface area contributed by atoms with Gasteiger partial charge in [-0.2, -0.15) is 0 Å². The number of aromatic nitrogens is 2. The number of amides is 2. The molecule has 0 aliphatic carbocycles. The topological polar surface area (TPSA) is 96.6 Å². The van der Waals surface area contributed by atoms with Crippen LogP contribution in [0.2, 0.25) is 0 Å². The minimum absolute atomic E-state index is 0.160. The van der Waals surface area contributed by atoms with Crippen LogP contribution < -0.4 is 11.0 Å². The van der Waals surface area contributed by atoms with Gasteiger partial charge in [0, 0.05) is 32.9 Å². The predicted octanol–water partition coefficient (Wildman–Crippen LogP) is -0.201. The van der Waals surface area contributed by atoms with Crippen LogP contribution in [0.25, 0.3) is 11.0 Å². The molecule has 8 nitrogen and oxygen atoms in total. The Balaban J connectivity index is 1.79. The number of anilines is 1. The van der Waals surface area contributed by atoms with Gasteiger partial charge in [0.1, 0.15) is 0 Å². The van der Waals surface area contributed by atoms with Crippen LogP contribution in [0.1, 0.15) is 12.8 Å². The minimum atomic E-state index is -0.746. The SMILES string of the molecule is Cn1c(=O)n(C)c2cc(NC(=O)C(=O)N3CCCC(O)C3)ccc21. The van der Waals surface area contributed by atoms with E-state index in [1.54, 1.807) is 32.3 Å². The molecule has 2 aromatic rings. The number of hydrogen-bond donors (Lipinski definition) is 2. The molecule has 2 amide bonds. The molecule has 24 heavy (non-hydrogen) atoms. The van der Waals surface area contributed by atoms with Crippen LogP contribution in [0.15, 0.2) is 23.0 Å². The molecule has 1 saturated heterocycles. The molecule has 2 heterocycles. The standard InChI is InChI=1S/C16H20N4O4/c1-18-12-6-5-10(8-13(12)19(2)16(18)24)17-14(22)15(23)20-7-3-4-11(21)9-20/h5-6,8,11,21H,3-4,7,9H2,1-2H3,(H,17,22). The monoisotopic (exact) mass is 332 g/mol. The van der Waals surface area contributed by atoms with Crippen LogP contribution in [-0.4, -0.2) is 50.1 Å². The predicted molar refractivity (Wildman–Crippen MR) is 88.6 cm³/mol. The number of nitrogens with one attached hydrogen (secondary N) is 1. The number of aliphatic hydroxyl groups is 1. The first-order valence-electron chi connectivity index (χ1n) is 7.82. The summed E-state index contributed by atoms with van der Waals surface area (Å²) in [5.74, 6) is -1.40. The highest BCUT2D eigenvalue weighted by atomic mass is 16.3. The summed E-state index contributed by atoms with van der Waals surface area (Å²) in [7, 11) is 3.32. The molecule has 1 atom stereocenters. The maximum absolute atomic E-state index is 12.2. The molecule has 3 rings (SSSR count). The van der Waals surface area contributed by atoms with Gasteiger partial charge in [0.2, 0.25) is 0 Å². The summed E-state index contributed by atoms with van der Waals surface area (Å²) < 4.78 is 3.00. The first-order valence-corrected chi connectivity index (χ1v) is 7.82. The van der Waals surface area contributed by atoms with Gasteiger partial charge in [-0.3, -0.25) is 18.7 Å². The van der Waals surface area contributed by atoms with Gasteiger partial charge in [-0.05, 0) is 31.0 Å². The highest BCUT2D eigenvalue weighted by Gasteiger charge is 2.27. The Morgan fingerprint density at radius 2 is 1.92 bits per heavy atom. The Hall–Kier alpha value is -2.61. The first-order chi connectivity index (χ1) is 11.4. The summed E-state index contributed by atoms with van der Waals surface area (Å²) >= 11 is 0. The summed E-state index contributed by atoms with van der Waals surface area (Å²) in [4.78, 5) is 37.6. The average molecular weight is 332 g/mol. The number of imidazole rings is 1. The van der Waals surface area contributed by atoms with Gasteiger partial charge < -0.3 is 15.3 Å². The molecule has 0 saturated carbocycles. The van der Waals surface area contributed by atoms with E-state index in [0.29, 0.717) is 30.6 Å². The summed E-state index contributed by atoms with van der Waals surface area (Å²) in [6.45, 7) is 0.647. The van der Waals surface area contributed by atoms with Crippen LogP contribution >= 0.6 is 0 Å². The van der Waals surface area contributed by atoms with Gasteiger partial charge in [-0.1, -0.05) is 0 Å². The van der Waals surface area contributed by atoms with Gasteiger partial charge in [0.05, 0.1) is 17.1 Å². The Bertz CT molecular complexity index is 867. The van der Waals surface area contributed by atoms with Gasteiger partial charge in [-0.15, -0.1) is 0 Å². The summed E-state index contributed by atoms with van der Waals surface area (Å²) in [6, 6.07) is 5.03. The molecule has 128 valence electrons. The molecular weight excluding hydrogens is 312 g/mol. The highest BCUT2D eigenvalue weighted by Crippen LogP contribution is 2.18. The van der Waals surface area contributed by atoms with E-state index < -0.39 is 17.9 Å². The normalized spacial score (nSPS) is 18.0. The second kappa shape index (κ2) is 6.12. The third-order valence-electron chi connectivity index (χ3n) is 4.41. The summed E-state index contributed by atoms with van der Waals surface area (Å²) in [5.41, 5.74) is 1.69. The molecule has 1 aliphatic heterocycles. The number of carbonyl (C=O) groups is 2.